The normalized spacial score (nSPS) is 25.2. The summed E-state index contributed by atoms with van der Waals surface area (Å²) in [6, 6.07) is 0. The molecular formula is C12H19N3. The van der Waals surface area contributed by atoms with E-state index in [0.717, 1.165) is 18.4 Å². The first-order valence-corrected chi connectivity index (χ1v) is 5.98. The number of hydrogen-bond donors (Lipinski definition) is 1. The number of nitrogens with zero attached hydrogens (tertiary/aromatic N) is 2. The largest absolute Gasteiger partial charge is 0.328 e. The molecule has 0 saturated heterocycles. The molecule has 2 N–H and O–H groups in total. The second-order valence-corrected chi connectivity index (χ2v) is 5.30. The zero-order valence-electron chi connectivity index (χ0n) is 9.32. The standard InChI is InChI=1S/C12H19N3/c1-12(7-13,10-4-5-10)15-8-14-6-11(15)9-2-3-9/h6,8-10H,2-5,7,13H2,1H3. The fourth-order valence-corrected chi connectivity index (χ4v) is 2.58. The van der Waals surface area contributed by atoms with Crippen LogP contribution in [0.3, 0.4) is 0 Å². The van der Waals surface area contributed by atoms with Crippen LogP contribution in [0.5, 0.6) is 0 Å². The van der Waals surface area contributed by atoms with Crippen LogP contribution in [-0.2, 0) is 5.54 Å². The summed E-state index contributed by atoms with van der Waals surface area (Å²) in [5, 5.41) is 0. The van der Waals surface area contributed by atoms with Gasteiger partial charge in [-0.25, -0.2) is 4.98 Å². The van der Waals surface area contributed by atoms with E-state index in [1.165, 1.54) is 31.4 Å². The quantitative estimate of drug-likeness (QED) is 0.815. The highest BCUT2D eigenvalue weighted by atomic mass is 15.1. The van der Waals surface area contributed by atoms with Crippen LogP contribution in [0.4, 0.5) is 0 Å². The highest BCUT2D eigenvalue weighted by molar-refractivity contribution is 5.17. The van der Waals surface area contributed by atoms with Gasteiger partial charge in [0.1, 0.15) is 0 Å². The van der Waals surface area contributed by atoms with E-state index in [4.69, 9.17) is 5.73 Å². The Morgan fingerprint density at radius 1 is 1.47 bits per heavy atom. The Morgan fingerprint density at radius 3 is 2.73 bits per heavy atom. The van der Waals surface area contributed by atoms with Gasteiger partial charge in [0.2, 0.25) is 0 Å². The molecule has 1 aromatic rings. The Labute approximate surface area is 90.7 Å². The van der Waals surface area contributed by atoms with Crippen LogP contribution >= 0.6 is 0 Å². The number of rotatable bonds is 4. The summed E-state index contributed by atoms with van der Waals surface area (Å²) in [4.78, 5) is 4.32. The molecule has 3 heteroatoms. The summed E-state index contributed by atoms with van der Waals surface area (Å²) in [6.45, 7) is 3.02. The third-order valence-corrected chi connectivity index (χ3v) is 4.08. The maximum Gasteiger partial charge on any atom is 0.0953 e. The summed E-state index contributed by atoms with van der Waals surface area (Å²) in [5.41, 5.74) is 7.51. The first-order chi connectivity index (χ1) is 7.25. The molecule has 0 aromatic carbocycles. The predicted octanol–water partition coefficient (Wildman–Crippen LogP) is 1.84. The van der Waals surface area contributed by atoms with Gasteiger partial charge in [0.05, 0.1) is 11.9 Å². The lowest BCUT2D eigenvalue weighted by Gasteiger charge is -2.32. The summed E-state index contributed by atoms with van der Waals surface area (Å²) in [7, 11) is 0. The Balaban J connectivity index is 1.98. The van der Waals surface area contributed by atoms with Crippen LogP contribution in [0, 0.1) is 5.92 Å². The van der Waals surface area contributed by atoms with Gasteiger partial charge < -0.3 is 10.3 Å². The van der Waals surface area contributed by atoms with Crippen LogP contribution in [0.15, 0.2) is 12.5 Å². The highest BCUT2D eigenvalue weighted by Gasteiger charge is 2.44. The van der Waals surface area contributed by atoms with Gasteiger partial charge in [-0.1, -0.05) is 0 Å². The van der Waals surface area contributed by atoms with E-state index in [-0.39, 0.29) is 5.54 Å². The van der Waals surface area contributed by atoms with Gasteiger partial charge in [-0.3, -0.25) is 0 Å². The Morgan fingerprint density at radius 2 is 2.20 bits per heavy atom. The molecule has 2 aliphatic carbocycles. The second-order valence-electron chi connectivity index (χ2n) is 5.30. The van der Waals surface area contributed by atoms with Crippen LogP contribution in [-0.4, -0.2) is 16.1 Å². The lowest BCUT2D eigenvalue weighted by Crippen LogP contribution is -2.40. The van der Waals surface area contributed by atoms with E-state index >= 15 is 0 Å². The van der Waals surface area contributed by atoms with Crippen molar-refractivity contribution >= 4 is 0 Å². The van der Waals surface area contributed by atoms with Gasteiger partial charge in [-0.15, -0.1) is 0 Å². The zero-order valence-corrected chi connectivity index (χ0v) is 9.32. The van der Waals surface area contributed by atoms with Crippen LogP contribution in [0.2, 0.25) is 0 Å². The molecule has 0 bridgehead atoms. The first kappa shape index (κ1) is 9.40. The van der Waals surface area contributed by atoms with Gasteiger partial charge in [0, 0.05) is 24.4 Å². The van der Waals surface area contributed by atoms with Crippen molar-refractivity contribution in [3.05, 3.63) is 18.2 Å². The van der Waals surface area contributed by atoms with E-state index in [1.807, 2.05) is 12.5 Å². The van der Waals surface area contributed by atoms with Crippen molar-refractivity contribution < 1.29 is 0 Å². The lowest BCUT2D eigenvalue weighted by atomic mass is 9.95. The maximum atomic E-state index is 5.98. The van der Waals surface area contributed by atoms with E-state index in [9.17, 15) is 0 Å². The van der Waals surface area contributed by atoms with Crippen molar-refractivity contribution in [3.63, 3.8) is 0 Å². The van der Waals surface area contributed by atoms with Crippen LogP contribution < -0.4 is 5.73 Å². The third-order valence-electron chi connectivity index (χ3n) is 4.08. The Hall–Kier alpha value is -0.830. The number of imidazole rings is 1. The lowest BCUT2D eigenvalue weighted by molar-refractivity contribution is 0.273. The molecule has 0 amide bonds. The second kappa shape index (κ2) is 3.08. The summed E-state index contributed by atoms with van der Waals surface area (Å²) < 4.78 is 2.36. The van der Waals surface area contributed by atoms with Gasteiger partial charge in [0.25, 0.3) is 0 Å². The molecule has 1 aromatic heterocycles. The van der Waals surface area contributed by atoms with E-state index in [2.05, 4.69) is 16.5 Å². The highest BCUT2D eigenvalue weighted by Crippen LogP contribution is 2.47. The third kappa shape index (κ3) is 1.41. The molecule has 1 atom stereocenters. The van der Waals surface area contributed by atoms with Gasteiger partial charge in [0.15, 0.2) is 0 Å². The minimum atomic E-state index is 0.119. The molecule has 2 aliphatic rings. The summed E-state index contributed by atoms with van der Waals surface area (Å²) in [5.74, 6) is 1.53. The average molecular weight is 205 g/mol. The van der Waals surface area contributed by atoms with E-state index < -0.39 is 0 Å². The van der Waals surface area contributed by atoms with Crippen molar-refractivity contribution in [2.45, 2.75) is 44.1 Å². The van der Waals surface area contributed by atoms with Gasteiger partial charge in [-0.2, -0.15) is 0 Å². The summed E-state index contributed by atoms with van der Waals surface area (Å²) in [6.07, 6.45) is 9.34. The van der Waals surface area contributed by atoms with Crippen LogP contribution in [0.25, 0.3) is 0 Å². The molecular weight excluding hydrogens is 186 g/mol. The first-order valence-electron chi connectivity index (χ1n) is 5.98. The molecule has 0 radical (unpaired) electrons. The number of aromatic nitrogens is 2. The van der Waals surface area contributed by atoms with Crippen molar-refractivity contribution in [1.29, 1.82) is 0 Å². The number of hydrogen-bond acceptors (Lipinski definition) is 2. The van der Waals surface area contributed by atoms with Crippen molar-refractivity contribution in [2.75, 3.05) is 6.54 Å². The van der Waals surface area contributed by atoms with Crippen molar-refractivity contribution in [3.8, 4) is 0 Å². The molecule has 1 heterocycles. The molecule has 3 rings (SSSR count). The average Bonchev–Trinajstić information content (AvgIpc) is 3.15. The Bertz CT molecular complexity index is 363. The predicted molar refractivity (Wildman–Crippen MR) is 59.6 cm³/mol. The van der Waals surface area contributed by atoms with Crippen molar-refractivity contribution in [2.24, 2.45) is 11.7 Å². The number of nitrogens with two attached hydrogens (primary N) is 1. The van der Waals surface area contributed by atoms with Gasteiger partial charge >= 0.3 is 0 Å². The fourth-order valence-electron chi connectivity index (χ4n) is 2.58. The minimum Gasteiger partial charge on any atom is -0.328 e. The molecule has 3 nitrogen and oxygen atoms in total. The molecule has 0 aliphatic heterocycles. The van der Waals surface area contributed by atoms with Crippen LogP contribution in [0.1, 0.15) is 44.2 Å². The molecule has 2 saturated carbocycles. The molecule has 1 unspecified atom stereocenters. The molecule has 2 fully saturated rings. The van der Waals surface area contributed by atoms with Crippen molar-refractivity contribution in [1.82, 2.24) is 9.55 Å². The molecule has 82 valence electrons. The molecule has 0 spiro atoms. The monoisotopic (exact) mass is 205 g/mol. The SMILES string of the molecule is CC(CN)(C1CC1)n1cncc1C1CC1. The fraction of sp³-hybridized carbons (Fsp3) is 0.750. The minimum absolute atomic E-state index is 0.119. The topological polar surface area (TPSA) is 43.8 Å². The molecule has 15 heavy (non-hydrogen) atoms. The maximum absolute atomic E-state index is 5.98. The zero-order chi connectivity index (χ0) is 10.5. The van der Waals surface area contributed by atoms with Gasteiger partial charge in [-0.05, 0) is 38.5 Å². The summed E-state index contributed by atoms with van der Waals surface area (Å²) >= 11 is 0. The van der Waals surface area contributed by atoms with E-state index in [0.29, 0.717) is 0 Å². The van der Waals surface area contributed by atoms with E-state index in [1.54, 1.807) is 0 Å². The Kier molecular flexibility index (Phi) is 1.93. The smallest absolute Gasteiger partial charge is 0.0953 e.